The minimum absolute atomic E-state index is 0.0764. The maximum atomic E-state index is 12.2. The summed E-state index contributed by atoms with van der Waals surface area (Å²) in [4.78, 5) is 12.2. The standard InChI is InChI=1S/C16H23ClN2O2/c1-10(18)14-9-12(17)7-8-15(14)21-11(2)16(20)19-13-5-3-4-6-13/h7-11,13H,3-6,18H2,1-2H3,(H,19,20). The molecule has 0 heterocycles. The smallest absolute Gasteiger partial charge is 0.260 e. The third kappa shape index (κ3) is 4.35. The predicted octanol–water partition coefficient (Wildman–Crippen LogP) is 3.19. The van der Waals surface area contributed by atoms with Crippen LogP contribution >= 0.6 is 11.6 Å². The molecule has 0 spiro atoms. The van der Waals surface area contributed by atoms with E-state index in [1.165, 1.54) is 12.8 Å². The monoisotopic (exact) mass is 310 g/mol. The first-order valence-corrected chi connectivity index (χ1v) is 7.87. The number of rotatable bonds is 5. The molecule has 1 saturated carbocycles. The highest BCUT2D eigenvalue weighted by Gasteiger charge is 2.22. The summed E-state index contributed by atoms with van der Waals surface area (Å²) in [5.41, 5.74) is 6.74. The molecule has 116 valence electrons. The lowest BCUT2D eigenvalue weighted by atomic mass is 10.1. The number of carbonyl (C=O) groups is 1. The Hall–Kier alpha value is -1.26. The number of amides is 1. The molecular formula is C16H23ClN2O2. The quantitative estimate of drug-likeness (QED) is 0.878. The highest BCUT2D eigenvalue weighted by Crippen LogP contribution is 2.28. The van der Waals surface area contributed by atoms with Crippen LogP contribution in [0, 0.1) is 0 Å². The maximum absolute atomic E-state index is 12.2. The number of hydrogen-bond acceptors (Lipinski definition) is 3. The average molecular weight is 311 g/mol. The molecule has 0 aromatic heterocycles. The van der Waals surface area contributed by atoms with Crippen LogP contribution in [0.15, 0.2) is 18.2 Å². The molecule has 0 aliphatic heterocycles. The van der Waals surface area contributed by atoms with E-state index in [4.69, 9.17) is 22.1 Å². The zero-order valence-electron chi connectivity index (χ0n) is 12.6. The molecule has 0 saturated heterocycles. The second-order valence-electron chi connectivity index (χ2n) is 5.72. The van der Waals surface area contributed by atoms with Gasteiger partial charge in [-0.2, -0.15) is 0 Å². The van der Waals surface area contributed by atoms with Gasteiger partial charge < -0.3 is 15.8 Å². The zero-order chi connectivity index (χ0) is 15.4. The van der Waals surface area contributed by atoms with Crippen molar-refractivity contribution in [3.05, 3.63) is 28.8 Å². The van der Waals surface area contributed by atoms with Crippen LogP contribution in [0.1, 0.15) is 51.1 Å². The number of ether oxygens (including phenoxy) is 1. The lowest BCUT2D eigenvalue weighted by Gasteiger charge is -2.20. The Morgan fingerprint density at radius 1 is 1.38 bits per heavy atom. The molecule has 0 bridgehead atoms. The average Bonchev–Trinajstić information content (AvgIpc) is 2.93. The van der Waals surface area contributed by atoms with Gasteiger partial charge in [-0.25, -0.2) is 0 Å². The molecule has 1 aliphatic rings. The van der Waals surface area contributed by atoms with Crippen molar-refractivity contribution in [1.82, 2.24) is 5.32 Å². The molecule has 1 aromatic rings. The summed E-state index contributed by atoms with van der Waals surface area (Å²) >= 11 is 5.98. The van der Waals surface area contributed by atoms with Crippen LogP contribution in [0.2, 0.25) is 5.02 Å². The van der Waals surface area contributed by atoms with Crippen LogP contribution in [0.5, 0.6) is 5.75 Å². The Morgan fingerprint density at radius 3 is 2.67 bits per heavy atom. The Morgan fingerprint density at radius 2 is 2.05 bits per heavy atom. The van der Waals surface area contributed by atoms with Crippen molar-refractivity contribution < 1.29 is 9.53 Å². The number of halogens is 1. The van der Waals surface area contributed by atoms with Crippen molar-refractivity contribution in [2.24, 2.45) is 5.73 Å². The van der Waals surface area contributed by atoms with Gasteiger partial charge in [0.25, 0.3) is 5.91 Å². The van der Waals surface area contributed by atoms with Gasteiger partial charge in [0.15, 0.2) is 6.10 Å². The van der Waals surface area contributed by atoms with Gasteiger partial charge >= 0.3 is 0 Å². The van der Waals surface area contributed by atoms with Crippen LogP contribution in [0.3, 0.4) is 0 Å². The molecule has 5 heteroatoms. The second kappa shape index (κ2) is 7.14. The van der Waals surface area contributed by atoms with Crippen molar-refractivity contribution in [3.63, 3.8) is 0 Å². The Kier molecular flexibility index (Phi) is 5.48. The van der Waals surface area contributed by atoms with Crippen LogP contribution in [-0.4, -0.2) is 18.1 Å². The van der Waals surface area contributed by atoms with Crippen molar-refractivity contribution in [1.29, 1.82) is 0 Å². The Labute approximate surface area is 131 Å². The first kappa shape index (κ1) is 16.1. The fourth-order valence-corrected chi connectivity index (χ4v) is 2.80. The summed E-state index contributed by atoms with van der Waals surface area (Å²) in [5, 5.41) is 3.65. The zero-order valence-corrected chi connectivity index (χ0v) is 13.3. The lowest BCUT2D eigenvalue weighted by molar-refractivity contribution is -0.128. The summed E-state index contributed by atoms with van der Waals surface area (Å²) in [5.74, 6) is 0.538. The fourth-order valence-electron chi connectivity index (χ4n) is 2.62. The topological polar surface area (TPSA) is 64.3 Å². The largest absolute Gasteiger partial charge is 0.481 e. The van der Waals surface area contributed by atoms with Crippen LogP contribution < -0.4 is 15.8 Å². The molecule has 2 atom stereocenters. The van der Waals surface area contributed by atoms with Crippen LogP contribution in [0.4, 0.5) is 0 Å². The molecule has 2 rings (SSSR count). The number of nitrogens with two attached hydrogens (primary N) is 1. The van der Waals surface area contributed by atoms with Gasteiger partial charge in [-0.3, -0.25) is 4.79 Å². The van der Waals surface area contributed by atoms with Gasteiger partial charge in [0, 0.05) is 22.7 Å². The normalized spacial score (nSPS) is 18.3. The van der Waals surface area contributed by atoms with Gasteiger partial charge in [0.2, 0.25) is 0 Å². The number of benzene rings is 1. The molecule has 0 radical (unpaired) electrons. The molecule has 2 unspecified atom stereocenters. The summed E-state index contributed by atoms with van der Waals surface area (Å²) in [6.45, 7) is 3.62. The van der Waals surface area contributed by atoms with E-state index in [-0.39, 0.29) is 11.9 Å². The Bertz CT molecular complexity index is 499. The van der Waals surface area contributed by atoms with E-state index < -0.39 is 6.10 Å². The minimum atomic E-state index is -0.552. The predicted molar refractivity (Wildman–Crippen MR) is 84.5 cm³/mol. The van der Waals surface area contributed by atoms with Gasteiger partial charge in [-0.05, 0) is 44.9 Å². The van der Waals surface area contributed by atoms with Crippen molar-refractivity contribution in [2.75, 3.05) is 0 Å². The summed E-state index contributed by atoms with van der Waals surface area (Å²) in [6, 6.07) is 5.37. The number of carbonyl (C=O) groups excluding carboxylic acids is 1. The summed E-state index contributed by atoms with van der Waals surface area (Å²) < 4.78 is 5.78. The highest BCUT2D eigenvalue weighted by atomic mass is 35.5. The van der Waals surface area contributed by atoms with Crippen molar-refractivity contribution >= 4 is 17.5 Å². The molecule has 1 fully saturated rings. The van der Waals surface area contributed by atoms with E-state index in [0.717, 1.165) is 18.4 Å². The van der Waals surface area contributed by atoms with E-state index in [1.54, 1.807) is 25.1 Å². The first-order valence-electron chi connectivity index (χ1n) is 7.49. The third-order valence-corrected chi connectivity index (χ3v) is 4.07. The molecular weight excluding hydrogens is 288 g/mol. The minimum Gasteiger partial charge on any atom is -0.481 e. The highest BCUT2D eigenvalue weighted by molar-refractivity contribution is 6.30. The van der Waals surface area contributed by atoms with Gasteiger partial charge in [-0.1, -0.05) is 24.4 Å². The SMILES string of the molecule is CC(Oc1ccc(Cl)cc1C(C)N)C(=O)NC1CCCC1. The van der Waals surface area contributed by atoms with Gasteiger partial charge in [0.1, 0.15) is 5.75 Å². The maximum Gasteiger partial charge on any atom is 0.260 e. The number of hydrogen-bond donors (Lipinski definition) is 2. The van der Waals surface area contributed by atoms with Gasteiger partial charge in [-0.15, -0.1) is 0 Å². The van der Waals surface area contributed by atoms with E-state index in [9.17, 15) is 4.79 Å². The van der Waals surface area contributed by atoms with Crippen molar-refractivity contribution in [2.45, 2.75) is 57.7 Å². The molecule has 1 aromatic carbocycles. The molecule has 3 N–H and O–H groups in total. The molecule has 4 nitrogen and oxygen atoms in total. The van der Waals surface area contributed by atoms with E-state index in [0.29, 0.717) is 16.8 Å². The molecule has 1 amide bonds. The van der Waals surface area contributed by atoms with E-state index >= 15 is 0 Å². The van der Waals surface area contributed by atoms with Crippen LogP contribution in [0.25, 0.3) is 0 Å². The fraction of sp³-hybridized carbons (Fsp3) is 0.562. The summed E-state index contributed by atoms with van der Waals surface area (Å²) in [7, 11) is 0. The molecule has 1 aliphatic carbocycles. The molecule has 21 heavy (non-hydrogen) atoms. The van der Waals surface area contributed by atoms with E-state index in [1.807, 2.05) is 6.92 Å². The number of nitrogens with one attached hydrogen (secondary N) is 1. The van der Waals surface area contributed by atoms with Crippen molar-refractivity contribution in [3.8, 4) is 5.75 Å². The summed E-state index contributed by atoms with van der Waals surface area (Å²) in [6.07, 6.45) is 3.94. The van der Waals surface area contributed by atoms with Gasteiger partial charge in [0.05, 0.1) is 0 Å². The Balaban J connectivity index is 2.01. The third-order valence-electron chi connectivity index (χ3n) is 3.84. The second-order valence-corrected chi connectivity index (χ2v) is 6.16. The van der Waals surface area contributed by atoms with Crippen LogP contribution in [-0.2, 0) is 4.79 Å². The first-order chi connectivity index (χ1) is 9.97. The lowest BCUT2D eigenvalue weighted by Crippen LogP contribution is -2.41. The van der Waals surface area contributed by atoms with E-state index in [2.05, 4.69) is 5.32 Å².